The molecule has 0 unspecified atom stereocenters. The largest absolute Gasteiger partial charge is 0.441 e. The molecule has 0 bridgehead atoms. The van der Waals surface area contributed by atoms with Gasteiger partial charge in [0.25, 0.3) is 0 Å². The summed E-state index contributed by atoms with van der Waals surface area (Å²) in [6.07, 6.45) is 4.94. The number of hydrogen-bond acceptors (Lipinski definition) is 7. The topological polar surface area (TPSA) is 93.1 Å². The van der Waals surface area contributed by atoms with Crippen LogP contribution in [0.15, 0.2) is 48.7 Å². The maximum Gasteiger partial charge on any atom is 0.416 e. The van der Waals surface area contributed by atoms with Gasteiger partial charge in [0.05, 0.1) is 12.2 Å². The van der Waals surface area contributed by atoms with Crippen molar-refractivity contribution in [1.82, 2.24) is 20.4 Å². The van der Waals surface area contributed by atoms with E-state index in [0.717, 1.165) is 49.3 Å². The van der Waals surface area contributed by atoms with Gasteiger partial charge in [0, 0.05) is 18.3 Å². The summed E-state index contributed by atoms with van der Waals surface area (Å²) in [5.74, 6) is 1.83. The van der Waals surface area contributed by atoms with E-state index in [4.69, 9.17) is 4.74 Å². The highest BCUT2D eigenvalue weighted by Gasteiger charge is 2.48. The van der Waals surface area contributed by atoms with Crippen molar-refractivity contribution in [3.63, 3.8) is 0 Å². The van der Waals surface area contributed by atoms with E-state index in [-0.39, 0.29) is 30.9 Å². The van der Waals surface area contributed by atoms with E-state index in [1.54, 1.807) is 23.2 Å². The van der Waals surface area contributed by atoms with Crippen molar-refractivity contribution in [1.29, 1.82) is 0 Å². The summed E-state index contributed by atoms with van der Waals surface area (Å²) in [7, 11) is 0. The summed E-state index contributed by atoms with van der Waals surface area (Å²) >= 11 is 0. The molecule has 1 saturated heterocycles. The Morgan fingerprint density at radius 3 is 2.40 bits per heavy atom. The lowest BCUT2D eigenvalue weighted by Gasteiger charge is -2.35. The first-order valence-electron chi connectivity index (χ1n) is 11.4. The third-order valence-corrected chi connectivity index (χ3v) is 6.58. The van der Waals surface area contributed by atoms with Gasteiger partial charge in [0.15, 0.2) is 5.82 Å². The number of amides is 1. The van der Waals surface area contributed by atoms with Crippen molar-refractivity contribution >= 4 is 42.5 Å². The summed E-state index contributed by atoms with van der Waals surface area (Å²) in [6.45, 7) is 5.55. The Hall–Kier alpha value is -2.97. The Kier molecular flexibility index (Phi) is 8.51. The average Bonchev–Trinajstić information content (AvgIpc) is 3.14. The highest BCUT2D eigenvalue weighted by atomic mass is 35.5. The fraction of sp³-hybridized carbons (Fsp3) is 0.400. The molecule has 3 aromatic rings. The number of anilines is 2. The van der Waals surface area contributed by atoms with Crippen LogP contribution in [0.25, 0.3) is 11.3 Å². The van der Waals surface area contributed by atoms with Gasteiger partial charge in [-0.05, 0) is 81.8 Å². The lowest BCUT2D eigenvalue weighted by atomic mass is 9.78. The molecule has 0 atom stereocenters. The number of carbonyl (C=O) groups excluding carboxylic acids is 1. The van der Waals surface area contributed by atoms with Crippen molar-refractivity contribution in [3.8, 4) is 11.3 Å². The van der Waals surface area contributed by atoms with Gasteiger partial charge in [0.1, 0.15) is 11.4 Å². The molecule has 35 heavy (non-hydrogen) atoms. The summed E-state index contributed by atoms with van der Waals surface area (Å²) in [5.41, 5.74) is 3.99. The maximum absolute atomic E-state index is 12.4. The number of nitrogens with zero attached hydrogens (tertiary/aromatic N) is 5. The molecule has 1 N–H and O–H groups in total. The molecule has 1 aromatic carbocycles. The van der Waals surface area contributed by atoms with E-state index in [2.05, 4.69) is 57.8 Å². The van der Waals surface area contributed by atoms with Crippen LogP contribution in [-0.2, 0) is 4.74 Å². The van der Waals surface area contributed by atoms with E-state index in [1.807, 2.05) is 12.1 Å². The monoisotopic (exact) mass is 516 g/mol. The lowest BCUT2D eigenvalue weighted by molar-refractivity contribution is 0.0148. The predicted octanol–water partition coefficient (Wildman–Crippen LogP) is 5.39. The molecule has 1 aliphatic carbocycles. The smallest absolute Gasteiger partial charge is 0.416 e. The van der Waals surface area contributed by atoms with Crippen molar-refractivity contribution in [3.05, 3.63) is 59.8 Å². The van der Waals surface area contributed by atoms with Crippen LogP contribution in [0, 0.1) is 19.8 Å². The Balaban J connectivity index is 0.00000171. The standard InChI is InChI=1S/C25H28N6O2.2ClH/c1-17-12-18(2)14-20(13-17)21-5-6-22(29-28-21)26-15-19-7-9-25(10-8-19)16-31(24(32)33-25)23-4-3-11-27-30-23;;/h3-6,11-14,19H,7-10,15-16H2,1-2H3,(H,26,29);2*1H/t19-,25-;;. The molecule has 5 rings (SSSR count). The van der Waals surface area contributed by atoms with E-state index in [1.165, 1.54) is 11.1 Å². The zero-order valence-corrected chi connectivity index (χ0v) is 21.4. The minimum Gasteiger partial charge on any atom is -0.441 e. The molecule has 8 nitrogen and oxygen atoms in total. The zero-order valence-electron chi connectivity index (χ0n) is 19.8. The SMILES string of the molecule is Cc1cc(C)cc(-c2ccc(NC[C@H]3CC[C@]4(CC3)CN(c3cccnn3)C(=O)O4)nn2)c1.Cl.Cl. The first kappa shape index (κ1) is 26.6. The fourth-order valence-corrected chi connectivity index (χ4v) is 4.86. The van der Waals surface area contributed by atoms with E-state index in [0.29, 0.717) is 18.3 Å². The molecule has 3 heterocycles. The quantitative estimate of drug-likeness (QED) is 0.485. The average molecular weight is 517 g/mol. The fourth-order valence-electron chi connectivity index (χ4n) is 4.86. The van der Waals surface area contributed by atoms with Gasteiger partial charge >= 0.3 is 6.09 Å². The van der Waals surface area contributed by atoms with Crippen LogP contribution < -0.4 is 10.2 Å². The van der Waals surface area contributed by atoms with Gasteiger partial charge < -0.3 is 10.1 Å². The third kappa shape index (κ3) is 6.00. The van der Waals surface area contributed by atoms with Gasteiger partial charge in [0.2, 0.25) is 0 Å². The normalized spacial score (nSPS) is 21.1. The molecule has 10 heteroatoms. The molecule has 186 valence electrons. The lowest BCUT2D eigenvalue weighted by Crippen LogP contribution is -2.39. The number of ether oxygens (including phenoxy) is 1. The summed E-state index contributed by atoms with van der Waals surface area (Å²) in [5, 5.41) is 20.1. The van der Waals surface area contributed by atoms with Crippen molar-refractivity contribution in [2.75, 3.05) is 23.3 Å². The minimum atomic E-state index is -0.418. The number of rotatable bonds is 5. The number of aromatic nitrogens is 4. The van der Waals surface area contributed by atoms with Crippen LogP contribution in [0.5, 0.6) is 0 Å². The predicted molar refractivity (Wildman–Crippen MR) is 140 cm³/mol. The molecular formula is C25H30Cl2N6O2. The first-order chi connectivity index (χ1) is 16.0. The minimum absolute atomic E-state index is 0. The van der Waals surface area contributed by atoms with Crippen molar-refractivity contribution < 1.29 is 9.53 Å². The van der Waals surface area contributed by atoms with Gasteiger partial charge in [-0.25, -0.2) is 4.79 Å². The number of nitrogens with one attached hydrogen (secondary N) is 1. The second kappa shape index (κ2) is 11.2. The van der Waals surface area contributed by atoms with Crippen molar-refractivity contribution in [2.24, 2.45) is 5.92 Å². The molecule has 2 aromatic heterocycles. The summed E-state index contributed by atoms with van der Waals surface area (Å²) in [6, 6.07) is 14.0. The second-order valence-electron chi connectivity index (χ2n) is 9.22. The molecule has 0 radical (unpaired) electrons. The Labute approximate surface area is 217 Å². The molecule has 2 fully saturated rings. The van der Waals surface area contributed by atoms with Crippen LogP contribution in [0.3, 0.4) is 0 Å². The number of benzene rings is 1. The Morgan fingerprint density at radius 2 is 1.77 bits per heavy atom. The maximum atomic E-state index is 12.4. The molecule has 2 aliphatic rings. The van der Waals surface area contributed by atoms with Gasteiger partial charge in [-0.15, -0.1) is 40.1 Å². The van der Waals surface area contributed by atoms with E-state index >= 15 is 0 Å². The molecule has 1 saturated carbocycles. The summed E-state index contributed by atoms with van der Waals surface area (Å²) in [4.78, 5) is 14.0. The number of carbonyl (C=O) groups is 1. The number of hydrogen-bond donors (Lipinski definition) is 1. The van der Waals surface area contributed by atoms with E-state index < -0.39 is 5.60 Å². The second-order valence-corrected chi connectivity index (χ2v) is 9.22. The summed E-state index contributed by atoms with van der Waals surface area (Å²) < 4.78 is 5.82. The van der Waals surface area contributed by atoms with Crippen LogP contribution in [-0.4, -0.2) is 45.2 Å². The third-order valence-electron chi connectivity index (χ3n) is 6.58. The van der Waals surface area contributed by atoms with Gasteiger partial charge in [-0.1, -0.05) is 17.2 Å². The van der Waals surface area contributed by atoms with Gasteiger partial charge in [-0.2, -0.15) is 5.10 Å². The van der Waals surface area contributed by atoms with E-state index in [9.17, 15) is 4.79 Å². The molecule has 1 spiro atoms. The Morgan fingerprint density at radius 1 is 1.03 bits per heavy atom. The Bertz CT molecular complexity index is 1120. The molecule has 1 aliphatic heterocycles. The molecular weight excluding hydrogens is 487 g/mol. The molecule has 1 amide bonds. The van der Waals surface area contributed by atoms with Crippen LogP contribution in [0.1, 0.15) is 36.8 Å². The first-order valence-corrected chi connectivity index (χ1v) is 11.4. The zero-order chi connectivity index (χ0) is 22.8. The van der Waals surface area contributed by atoms with Crippen LogP contribution >= 0.6 is 24.8 Å². The highest BCUT2D eigenvalue weighted by Crippen LogP contribution is 2.40. The highest BCUT2D eigenvalue weighted by molar-refractivity contribution is 5.89. The van der Waals surface area contributed by atoms with Crippen LogP contribution in [0.4, 0.5) is 16.4 Å². The number of aryl methyl sites for hydroxylation is 2. The van der Waals surface area contributed by atoms with Gasteiger partial charge in [-0.3, -0.25) is 4.90 Å². The number of halogens is 2. The van der Waals surface area contributed by atoms with Crippen LogP contribution in [0.2, 0.25) is 0 Å². The van der Waals surface area contributed by atoms with Crippen molar-refractivity contribution in [2.45, 2.75) is 45.1 Å².